The second kappa shape index (κ2) is 8.56. The first kappa shape index (κ1) is 20.1. The Bertz CT molecular complexity index is 902. The predicted molar refractivity (Wildman–Crippen MR) is 110 cm³/mol. The molecule has 2 amide bonds. The summed E-state index contributed by atoms with van der Waals surface area (Å²) in [7, 11) is 0. The Morgan fingerprint density at radius 2 is 1.89 bits per heavy atom. The number of thiophene rings is 1. The summed E-state index contributed by atoms with van der Waals surface area (Å²) >= 11 is 1.36. The second-order valence-corrected chi connectivity index (χ2v) is 7.94. The van der Waals surface area contributed by atoms with Crippen LogP contribution in [0.3, 0.4) is 0 Å². The summed E-state index contributed by atoms with van der Waals surface area (Å²) in [6.45, 7) is 6.48. The van der Waals surface area contributed by atoms with Gasteiger partial charge in [0, 0.05) is 29.1 Å². The highest BCUT2D eigenvalue weighted by Gasteiger charge is 2.23. The third-order valence-electron chi connectivity index (χ3n) is 4.86. The molecule has 0 saturated carbocycles. The molecule has 0 bridgehead atoms. The topological polar surface area (TPSA) is 75.7 Å². The van der Waals surface area contributed by atoms with Crippen LogP contribution < -0.4 is 10.2 Å². The molecule has 0 spiro atoms. The Labute approximate surface area is 168 Å². The fourth-order valence-electron chi connectivity index (χ4n) is 3.21. The highest BCUT2D eigenvalue weighted by Crippen LogP contribution is 2.33. The SMILES string of the molecule is CCOC(=O)c1c(NC(=O)c2ccc(N3CCCCC3=O)cc2)sc(C)c1C. The van der Waals surface area contributed by atoms with Gasteiger partial charge in [0.25, 0.3) is 5.91 Å². The van der Waals surface area contributed by atoms with E-state index in [0.29, 0.717) is 29.1 Å². The van der Waals surface area contributed by atoms with Crippen molar-refractivity contribution in [2.45, 2.75) is 40.0 Å². The fraction of sp³-hybridized carbons (Fsp3) is 0.381. The van der Waals surface area contributed by atoms with Gasteiger partial charge in [-0.1, -0.05) is 0 Å². The summed E-state index contributed by atoms with van der Waals surface area (Å²) < 4.78 is 5.12. The van der Waals surface area contributed by atoms with Crippen LogP contribution in [0.15, 0.2) is 24.3 Å². The Kier molecular flexibility index (Phi) is 6.14. The number of rotatable bonds is 5. The van der Waals surface area contributed by atoms with E-state index in [-0.39, 0.29) is 18.4 Å². The number of nitrogens with one attached hydrogen (secondary N) is 1. The Hall–Kier alpha value is -2.67. The summed E-state index contributed by atoms with van der Waals surface area (Å²) in [5.41, 5.74) is 2.49. The van der Waals surface area contributed by atoms with Crippen molar-refractivity contribution in [3.63, 3.8) is 0 Å². The normalized spacial score (nSPS) is 14.1. The first-order chi connectivity index (χ1) is 13.4. The molecule has 3 rings (SSSR count). The number of nitrogens with zero attached hydrogens (tertiary/aromatic N) is 1. The summed E-state index contributed by atoms with van der Waals surface area (Å²) in [5.74, 6) is -0.617. The van der Waals surface area contributed by atoms with Crippen LogP contribution in [0, 0.1) is 13.8 Å². The molecule has 0 radical (unpaired) electrons. The molecule has 1 aliphatic rings. The maximum Gasteiger partial charge on any atom is 0.341 e. The molecule has 1 aromatic heterocycles. The lowest BCUT2D eigenvalue weighted by molar-refractivity contribution is -0.119. The van der Waals surface area contributed by atoms with Gasteiger partial charge in [-0.05, 0) is 63.4 Å². The number of carbonyl (C=O) groups is 3. The number of hydrogen-bond donors (Lipinski definition) is 1. The lowest BCUT2D eigenvalue weighted by atomic mass is 10.1. The van der Waals surface area contributed by atoms with Crippen molar-refractivity contribution < 1.29 is 19.1 Å². The van der Waals surface area contributed by atoms with Crippen LogP contribution in [0.4, 0.5) is 10.7 Å². The molecule has 1 aromatic carbocycles. The average molecular weight is 401 g/mol. The fourth-order valence-corrected chi connectivity index (χ4v) is 4.25. The number of ether oxygens (including phenoxy) is 1. The van der Waals surface area contributed by atoms with Crippen LogP contribution in [-0.2, 0) is 9.53 Å². The molecule has 0 atom stereocenters. The molecule has 148 valence electrons. The van der Waals surface area contributed by atoms with Crippen molar-refractivity contribution >= 4 is 39.8 Å². The van der Waals surface area contributed by atoms with E-state index in [1.165, 1.54) is 11.3 Å². The standard InChI is InChI=1S/C21H24N2O4S/c1-4-27-21(26)18-13(2)14(3)28-20(18)22-19(25)15-8-10-16(11-9-15)23-12-6-5-7-17(23)24/h8-11H,4-7,12H2,1-3H3,(H,22,25). The zero-order chi connectivity index (χ0) is 20.3. The van der Waals surface area contributed by atoms with E-state index < -0.39 is 5.97 Å². The molecule has 28 heavy (non-hydrogen) atoms. The maximum atomic E-state index is 12.7. The van der Waals surface area contributed by atoms with Gasteiger partial charge in [0.2, 0.25) is 5.91 Å². The van der Waals surface area contributed by atoms with Gasteiger partial charge >= 0.3 is 5.97 Å². The minimum atomic E-state index is -0.432. The second-order valence-electron chi connectivity index (χ2n) is 6.71. The minimum absolute atomic E-state index is 0.118. The molecule has 6 nitrogen and oxygen atoms in total. The minimum Gasteiger partial charge on any atom is -0.462 e. The van der Waals surface area contributed by atoms with Crippen molar-refractivity contribution in [3.05, 3.63) is 45.8 Å². The molecule has 7 heteroatoms. The monoisotopic (exact) mass is 400 g/mol. The maximum absolute atomic E-state index is 12.7. The summed E-state index contributed by atoms with van der Waals surface area (Å²) in [6, 6.07) is 6.97. The number of benzene rings is 1. The first-order valence-electron chi connectivity index (χ1n) is 9.41. The third-order valence-corrected chi connectivity index (χ3v) is 5.98. The molecule has 2 aromatic rings. The van der Waals surface area contributed by atoms with Crippen molar-refractivity contribution in [1.29, 1.82) is 0 Å². The highest BCUT2D eigenvalue weighted by atomic mass is 32.1. The number of amides is 2. The van der Waals surface area contributed by atoms with Crippen LogP contribution in [0.1, 0.15) is 57.3 Å². The molecule has 1 N–H and O–H groups in total. The molecule has 0 aliphatic carbocycles. The molecule has 1 saturated heterocycles. The van der Waals surface area contributed by atoms with E-state index in [2.05, 4.69) is 5.32 Å². The van der Waals surface area contributed by atoms with E-state index in [0.717, 1.165) is 29.0 Å². The molecular formula is C21H24N2O4S. The van der Waals surface area contributed by atoms with Gasteiger partial charge < -0.3 is 15.0 Å². The van der Waals surface area contributed by atoms with E-state index in [9.17, 15) is 14.4 Å². The zero-order valence-electron chi connectivity index (χ0n) is 16.3. The lowest BCUT2D eigenvalue weighted by Gasteiger charge is -2.26. The number of carbonyl (C=O) groups excluding carboxylic acids is 3. The van der Waals surface area contributed by atoms with Gasteiger partial charge in [0.15, 0.2) is 0 Å². The number of esters is 1. The van der Waals surface area contributed by atoms with E-state index in [1.807, 2.05) is 13.8 Å². The van der Waals surface area contributed by atoms with Crippen LogP contribution in [0.5, 0.6) is 0 Å². The van der Waals surface area contributed by atoms with Crippen molar-refractivity contribution in [1.82, 2.24) is 0 Å². The Morgan fingerprint density at radius 1 is 1.18 bits per heavy atom. The number of hydrogen-bond acceptors (Lipinski definition) is 5. The molecule has 2 heterocycles. The van der Waals surface area contributed by atoms with E-state index in [4.69, 9.17) is 4.74 Å². The summed E-state index contributed by atoms with van der Waals surface area (Å²) in [4.78, 5) is 39.7. The van der Waals surface area contributed by atoms with Gasteiger partial charge in [-0.3, -0.25) is 9.59 Å². The van der Waals surface area contributed by atoms with Gasteiger partial charge in [-0.2, -0.15) is 0 Å². The Morgan fingerprint density at radius 3 is 2.54 bits per heavy atom. The zero-order valence-corrected chi connectivity index (χ0v) is 17.1. The lowest BCUT2D eigenvalue weighted by Crippen LogP contribution is -2.35. The third kappa shape index (κ3) is 4.09. The van der Waals surface area contributed by atoms with Crippen molar-refractivity contribution in [2.75, 3.05) is 23.4 Å². The van der Waals surface area contributed by atoms with Gasteiger partial charge in [0.05, 0.1) is 12.2 Å². The van der Waals surface area contributed by atoms with Crippen molar-refractivity contribution in [2.24, 2.45) is 0 Å². The average Bonchev–Trinajstić information content (AvgIpc) is 2.96. The van der Waals surface area contributed by atoms with Gasteiger partial charge in [-0.15, -0.1) is 11.3 Å². The summed E-state index contributed by atoms with van der Waals surface area (Å²) in [6.07, 6.45) is 2.48. The number of piperidine rings is 1. The largest absolute Gasteiger partial charge is 0.462 e. The van der Waals surface area contributed by atoms with E-state index >= 15 is 0 Å². The van der Waals surface area contributed by atoms with Gasteiger partial charge in [0.1, 0.15) is 5.00 Å². The molecule has 1 aliphatic heterocycles. The van der Waals surface area contributed by atoms with Crippen LogP contribution in [0.2, 0.25) is 0 Å². The highest BCUT2D eigenvalue weighted by molar-refractivity contribution is 7.16. The van der Waals surface area contributed by atoms with Crippen LogP contribution in [-0.4, -0.2) is 30.9 Å². The van der Waals surface area contributed by atoms with Crippen LogP contribution in [0.25, 0.3) is 0 Å². The molecular weight excluding hydrogens is 376 g/mol. The molecule has 0 unspecified atom stereocenters. The Balaban J connectivity index is 1.77. The quantitative estimate of drug-likeness (QED) is 0.759. The number of aryl methyl sites for hydroxylation is 1. The predicted octanol–water partition coefficient (Wildman–Crippen LogP) is 4.31. The smallest absolute Gasteiger partial charge is 0.341 e. The van der Waals surface area contributed by atoms with Crippen molar-refractivity contribution in [3.8, 4) is 0 Å². The first-order valence-corrected chi connectivity index (χ1v) is 10.2. The van der Waals surface area contributed by atoms with Crippen LogP contribution >= 0.6 is 11.3 Å². The molecule has 1 fully saturated rings. The van der Waals surface area contributed by atoms with E-state index in [1.54, 1.807) is 36.1 Å². The van der Waals surface area contributed by atoms with Gasteiger partial charge in [-0.25, -0.2) is 4.79 Å². The summed E-state index contributed by atoms with van der Waals surface area (Å²) in [5, 5.41) is 3.33. The number of anilines is 2.